The number of likely N-dealkylation sites (N-methyl/N-ethyl adjacent to an activating group) is 2. The number of aromatic nitrogens is 2. The Morgan fingerprint density at radius 1 is 1.05 bits per heavy atom. The summed E-state index contributed by atoms with van der Waals surface area (Å²) in [7, 11) is 6.17. The lowest BCUT2D eigenvalue weighted by atomic mass is 9.86. The van der Waals surface area contributed by atoms with E-state index in [-0.39, 0.29) is 25.4 Å². The third kappa shape index (κ3) is 3.62. The number of fused-ring (bicyclic) bond motifs is 6. The Morgan fingerprint density at radius 3 is 2.54 bits per heavy atom. The van der Waals surface area contributed by atoms with Crippen LogP contribution in [0, 0.1) is 0 Å². The molecule has 37 heavy (non-hydrogen) atoms. The van der Waals surface area contributed by atoms with Crippen LogP contribution in [0.2, 0.25) is 0 Å². The van der Waals surface area contributed by atoms with E-state index in [9.17, 15) is 14.7 Å². The first-order chi connectivity index (χ1) is 17.7. The van der Waals surface area contributed by atoms with Crippen molar-refractivity contribution in [1.29, 1.82) is 0 Å². The molecule has 10 nitrogen and oxygen atoms in total. The second kappa shape index (κ2) is 8.54. The molecule has 0 fully saturated rings. The molecule has 6 rings (SSSR count). The Labute approximate surface area is 214 Å². The molecule has 1 aromatic carbocycles. The van der Waals surface area contributed by atoms with E-state index in [1.807, 2.05) is 26.2 Å². The number of carbonyl (C=O) groups excluding carboxylic acids is 1. The Kier molecular flexibility index (Phi) is 5.52. The van der Waals surface area contributed by atoms with E-state index < -0.39 is 11.6 Å². The molecule has 1 N–H and O–H groups in total. The van der Waals surface area contributed by atoms with Gasteiger partial charge in [-0.3, -0.25) is 4.79 Å². The van der Waals surface area contributed by atoms with Crippen LogP contribution in [-0.2, 0) is 34.8 Å². The summed E-state index contributed by atoms with van der Waals surface area (Å²) in [4.78, 5) is 35.5. The fourth-order valence-corrected chi connectivity index (χ4v) is 5.45. The topological polar surface area (TPSA) is 106 Å². The zero-order valence-corrected chi connectivity index (χ0v) is 21.5. The predicted octanol–water partition coefficient (Wildman–Crippen LogP) is 1.80. The number of hydrogen-bond acceptors (Lipinski definition) is 9. The number of esters is 1. The van der Waals surface area contributed by atoms with E-state index in [2.05, 4.69) is 16.8 Å². The normalized spacial score (nSPS) is 19.4. The van der Waals surface area contributed by atoms with Gasteiger partial charge in [0.25, 0.3) is 5.56 Å². The van der Waals surface area contributed by atoms with Crippen LogP contribution in [0.1, 0.15) is 35.6 Å². The van der Waals surface area contributed by atoms with Gasteiger partial charge in [-0.25, -0.2) is 9.78 Å². The average molecular weight is 507 g/mol. The quantitative estimate of drug-likeness (QED) is 0.392. The van der Waals surface area contributed by atoms with E-state index in [1.165, 1.54) is 0 Å². The predicted molar refractivity (Wildman–Crippen MR) is 136 cm³/mol. The first-order valence-corrected chi connectivity index (χ1v) is 12.5. The summed E-state index contributed by atoms with van der Waals surface area (Å²) in [6.45, 7) is 4.49. The molecule has 0 bridgehead atoms. The molecule has 0 saturated carbocycles. The molecule has 0 aliphatic carbocycles. The van der Waals surface area contributed by atoms with Gasteiger partial charge in [-0.2, -0.15) is 0 Å². The standard InChI is InChI=1S/C27H30N4O6/c1-5-27(34)19-9-21-24-17(12-31(21)25(32)18(19)13-35-26(27)33)16(11-30(4)7-6-29(2)3)15-8-22-23(37-14-36-22)10-20(15)28-24/h8-10,34H,5-7,11-14H2,1-4H3/t27-/m0/s1. The maximum Gasteiger partial charge on any atom is 0.343 e. The van der Waals surface area contributed by atoms with Crippen LogP contribution in [-0.4, -0.2) is 71.5 Å². The maximum absolute atomic E-state index is 13.6. The van der Waals surface area contributed by atoms with E-state index in [0.29, 0.717) is 47.1 Å². The summed E-state index contributed by atoms with van der Waals surface area (Å²) in [5.41, 5.74) is 2.54. The molecule has 1 atom stereocenters. The Balaban J connectivity index is 1.56. The smallest absolute Gasteiger partial charge is 0.343 e. The molecule has 0 radical (unpaired) electrons. The molecular weight excluding hydrogens is 476 g/mol. The fourth-order valence-electron chi connectivity index (χ4n) is 5.45. The van der Waals surface area contributed by atoms with Crippen LogP contribution in [0.3, 0.4) is 0 Å². The molecule has 0 saturated heterocycles. The van der Waals surface area contributed by atoms with Crippen molar-refractivity contribution >= 4 is 16.9 Å². The number of carbonyl (C=O) groups is 1. The molecule has 3 aliphatic heterocycles. The second-order valence-corrected chi connectivity index (χ2v) is 10.3. The van der Waals surface area contributed by atoms with Gasteiger partial charge in [0.05, 0.1) is 29.0 Å². The highest BCUT2D eigenvalue weighted by atomic mass is 16.7. The number of nitrogens with zero attached hydrogens (tertiary/aromatic N) is 4. The van der Waals surface area contributed by atoms with E-state index >= 15 is 0 Å². The summed E-state index contributed by atoms with van der Waals surface area (Å²) in [5.74, 6) is 0.585. The van der Waals surface area contributed by atoms with Gasteiger partial charge in [0.1, 0.15) is 6.61 Å². The Hall–Kier alpha value is -3.47. The number of cyclic esters (lactones) is 1. The highest BCUT2D eigenvalue weighted by molar-refractivity contribution is 5.91. The van der Waals surface area contributed by atoms with Gasteiger partial charge in [-0.05, 0) is 45.3 Å². The molecule has 3 aromatic rings. The molecular formula is C27H30N4O6. The Bertz CT molecular complexity index is 1510. The van der Waals surface area contributed by atoms with Crippen molar-refractivity contribution in [3.63, 3.8) is 0 Å². The number of rotatable bonds is 6. The maximum atomic E-state index is 13.6. The molecule has 10 heteroatoms. The van der Waals surface area contributed by atoms with Gasteiger partial charge in [0, 0.05) is 42.2 Å². The summed E-state index contributed by atoms with van der Waals surface area (Å²) >= 11 is 0. The van der Waals surface area contributed by atoms with Crippen molar-refractivity contribution in [1.82, 2.24) is 19.4 Å². The van der Waals surface area contributed by atoms with E-state index in [4.69, 9.17) is 19.2 Å². The number of benzene rings is 1. The minimum atomic E-state index is -1.86. The summed E-state index contributed by atoms with van der Waals surface area (Å²) in [5, 5.41) is 12.1. The Morgan fingerprint density at radius 2 is 1.81 bits per heavy atom. The SMILES string of the molecule is CC[C@@]1(O)C(=O)OCc2c1cc1n(c2=O)Cc2c-1nc1cc3c(cc1c2CN(C)CCN(C)C)OCO3. The largest absolute Gasteiger partial charge is 0.458 e. The molecule has 5 heterocycles. The average Bonchev–Trinajstić information content (AvgIpc) is 3.48. The van der Waals surface area contributed by atoms with E-state index in [1.54, 1.807) is 17.6 Å². The number of aliphatic hydroxyl groups is 1. The van der Waals surface area contributed by atoms with Crippen molar-refractivity contribution in [3.8, 4) is 22.9 Å². The molecule has 3 aliphatic rings. The zero-order chi connectivity index (χ0) is 26.1. The number of pyridine rings is 2. The van der Waals surface area contributed by atoms with E-state index in [0.717, 1.165) is 35.1 Å². The first-order valence-electron chi connectivity index (χ1n) is 12.5. The highest BCUT2D eigenvalue weighted by Crippen LogP contribution is 2.43. The van der Waals surface area contributed by atoms with Crippen LogP contribution in [0.4, 0.5) is 0 Å². The van der Waals surface area contributed by atoms with Gasteiger partial charge >= 0.3 is 5.97 Å². The number of ether oxygens (including phenoxy) is 3. The van der Waals surface area contributed by atoms with Gasteiger partial charge < -0.3 is 33.7 Å². The van der Waals surface area contributed by atoms with Crippen molar-refractivity contribution in [2.45, 2.75) is 38.6 Å². The lowest BCUT2D eigenvalue weighted by Gasteiger charge is -2.31. The minimum Gasteiger partial charge on any atom is -0.458 e. The van der Waals surface area contributed by atoms with Gasteiger partial charge in [-0.1, -0.05) is 6.92 Å². The second-order valence-electron chi connectivity index (χ2n) is 10.3. The zero-order valence-electron chi connectivity index (χ0n) is 21.5. The summed E-state index contributed by atoms with van der Waals surface area (Å²) in [6.07, 6.45) is 0.102. The van der Waals surface area contributed by atoms with Gasteiger partial charge in [0.2, 0.25) is 6.79 Å². The fraction of sp³-hybridized carbons (Fsp3) is 0.444. The number of hydrogen-bond donors (Lipinski definition) is 1. The summed E-state index contributed by atoms with van der Waals surface area (Å²) < 4.78 is 18.1. The van der Waals surface area contributed by atoms with Crippen molar-refractivity contribution in [2.75, 3.05) is 41.0 Å². The molecule has 194 valence electrons. The van der Waals surface area contributed by atoms with Crippen LogP contribution < -0.4 is 15.0 Å². The van der Waals surface area contributed by atoms with Crippen LogP contribution in [0.15, 0.2) is 23.0 Å². The third-order valence-electron chi connectivity index (χ3n) is 7.66. The third-order valence-corrected chi connectivity index (χ3v) is 7.66. The summed E-state index contributed by atoms with van der Waals surface area (Å²) in [6, 6.07) is 5.59. The van der Waals surface area contributed by atoms with Crippen LogP contribution >= 0.6 is 0 Å². The van der Waals surface area contributed by atoms with Crippen LogP contribution in [0.25, 0.3) is 22.3 Å². The lowest BCUT2D eigenvalue weighted by molar-refractivity contribution is -0.172. The van der Waals surface area contributed by atoms with Crippen LogP contribution in [0.5, 0.6) is 11.5 Å². The van der Waals surface area contributed by atoms with Gasteiger partial charge in [0.15, 0.2) is 17.1 Å². The molecule has 0 spiro atoms. The highest BCUT2D eigenvalue weighted by Gasteiger charge is 2.45. The monoisotopic (exact) mass is 506 g/mol. The van der Waals surface area contributed by atoms with Crippen molar-refractivity contribution in [2.24, 2.45) is 0 Å². The lowest BCUT2D eigenvalue weighted by Crippen LogP contribution is -2.44. The minimum absolute atomic E-state index is 0.102. The van der Waals surface area contributed by atoms with Gasteiger partial charge in [-0.15, -0.1) is 0 Å². The van der Waals surface area contributed by atoms with Crippen molar-refractivity contribution in [3.05, 3.63) is 50.8 Å². The molecule has 2 aromatic heterocycles. The molecule has 0 unspecified atom stereocenters. The first kappa shape index (κ1) is 23.9. The molecule has 0 amide bonds. The van der Waals surface area contributed by atoms with Crippen molar-refractivity contribution < 1.29 is 24.1 Å².